The molecule has 0 saturated carbocycles. The summed E-state index contributed by atoms with van der Waals surface area (Å²) in [5.41, 5.74) is 3.60. The molecule has 0 aliphatic heterocycles. The Bertz CT molecular complexity index is 1010. The van der Waals surface area contributed by atoms with Gasteiger partial charge in [-0.05, 0) is 13.0 Å². The summed E-state index contributed by atoms with van der Waals surface area (Å²) in [6, 6.07) is 11.5. The van der Waals surface area contributed by atoms with Gasteiger partial charge in [-0.25, -0.2) is 4.98 Å². The minimum Gasteiger partial charge on any atom is -0.354 e. The summed E-state index contributed by atoms with van der Waals surface area (Å²) in [6.45, 7) is 6.26. The van der Waals surface area contributed by atoms with E-state index in [0.29, 0.717) is 24.3 Å². The van der Waals surface area contributed by atoms with Crippen LogP contribution in [0.2, 0.25) is 0 Å². The molecule has 146 valence electrons. The van der Waals surface area contributed by atoms with E-state index in [1.807, 2.05) is 58.2 Å². The number of aryl methyl sites for hydroxylation is 2. The fourth-order valence-corrected chi connectivity index (χ4v) is 3.04. The summed E-state index contributed by atoms with van der Waals surface area (Å²) < 4.78 is 1.69. The quantitative estimate of drug-likeness (QED) is 0.644. The highest BCUT2D eigenvalue weighted by molar-refractivity contribution is 6.07. The Kier molecular flexibility index (Phi) is 5.73. The van der Waals surface area contributed by atoms with Crippen LogP contribution >= 0.6 is 0 Å². The molecule has 0 unspecified atom stereocenters. The van der Waals surface area contributed by atoms with E-state index >= 15 is 0 Å². The van der Waals surface area contributed by atoms with Crippen molar-refractivity contribution in [1.29, 1.82) is 0 Å². The summed E-state index contributed by atoms with van der Waals surface area (Å²) >= 11 is 0. The van der Waals surface area contributed by atoms with Gasteiger partial charge in [0.15, 0.2) is 5.65 Å². The molecule has 0 fully saturated rings. The third-order valence-electron chi connectivity index (χ3n) is 4.52. The molecule has 2 heterocycles. The predicted molar refractivity (Wildman–Crippen MR) is 109 cm³/mol. The number of carbonyl (C=O) groups excluding carboxylic acids is 2. The summed E-state index contributed by atoms with van der Waals surface area (Å²) in [7, 11) is 1.82. The molecule has 3 aromatic rings. The average Bonchev–Trinajstić information content (AvgIpc) is 2.98. The number of benzene rings is 1. The molecule has 2 amide bonds. The molecule has 28 heavy (non-hydrogen) atoms. The van der Waals surface area contributed by atoms with E-state index in [-0.39, 0.29) is 17.7 Å². The molecule has 0 saturated heterocycles. The number of hydrogen-bond acceptors (Lipinski definition) is 4. The van der Waals surface area contributed by atoms with Crippen LogP contribution < -0.4 is 10.6 Å². The van der Waals surface area contributed by atoms with Crippen molar-refractivity contribution >= 4 is 22.8 Å². The molecule has 0 aliphatic carbocycles. The molecule has 0 radical (unpaired) electrons. The Morgan fingerprint density at radius 2 is 1.79 bits per heavy atom. The normalized spacial score (nSPS) is 11.0. The van der Waals surface area contributed by atoms with E-state index in [1.54, 1.807) is 10.7 Å². The molecule has 2 aromatic heterocycles. The maximum absolute atomic E-state index is 12.9. The zero-order valence-corrected chi connectivity index (χ0v) is 16.6. The maximum Gasteiger partial charge on any atom is 0.252 e. The monoisotopic (exact) mass is 379 g/mol. The van der Waals surface area contributed by atoms with Gasteiger partial charge in [-0.15, -0.1) is 0 Å². The van der Waals surface area contributed by atoms with Crippen LogP contribution in [0, 0.1) is 12.8 Å². The number of pyridine rings is 1. The molecule has 0 aliphatic rings. The lowest BCUT2D eigenvalue weighted by atomic mass is 10.0. The second kappa shape index (κ2) is 8.21. The number of amides is 2. The Labute approximate surface area is 164 Å². The molecular weight excluding hydrogens is 354 g/mol. The Morgan fingerprint density at radius 1 is 1.11 bits per heavy atom. The van der Waals surface area contributed by atoms with Crippen LogP contribution in [0.25, 0.3) is 22.3 Å². The molecule has 0 bridgehead atoms. The second-order valence-corrected chi connectivity index (χ2v) is 7.03. The molecule has 3 rings (SSSR count). The largest absolute Gasteiger partial charge is 0.354 e. The first-order valence-electron chi connectivity index (χ1n) is 9.34. The fourth-order valence-electron chi connectivity index (χ4n) is 3.04. The number of hydrogen-bond donors (Lipinski definition) is 2. The van der Waals surface area contributed by atoms with Crippen LogP contribution in [-0.2, 0) is 11.8 Å². The van der Waals surface area contributed by atoms with Crippen molar-refractivity contribution < 1.29 is 9.59 Å². The summed E-state index contributed by atoms with van der Waals surface area (Å²) in [5.74, 6) is -0.323. The zero-order valence-electron chi connectivity index (χ0n) is 16.6. The van der Waals surface area contributed by atoms with Crippen molar-refractivity contribution in [2.45, 2.75) is 20.8 Å². The third-order valence-corrected chi connectivity index (χ3v) is 4.52. The van der Waals surface area contributed by atoms with E-state index in [0.717, 1.165) is 22.3 Å². The molecule has 7 nitrogen and oxygen atoms in total. The van der Waals surface area contributed by atoms with Gasteiger partial charge in [0.2, 0.25) is 5.91 Å². The smallest absolute Gasteiger partial charge is 0.252 e. The van der Waals surface area contributed by atoms with Crippen LogP contribution in [-0.4, -0.2) is 39.7 Å². The molecule has 1 aromatic carbocycles. The SMILES string of the molecule is Cc1nn(C)c2nc(-c3ccccc3)cc(C(=O)NCCNC(=O)C(C)C)c12. The van der Waals surface area contributed by atoms with Gasteiger partial charge in [-0.1, -0.05) is 44.2 Å². The van der Waals surface area contributed by atoms with Gasteiger partial charge in [0, 0.05) is 31.6 Å². The molecule has 2 N–H and O–H groups in total. The van der Waals surface area contributed by atoms with E-state index in [1.165, 1.54) is 0 Å². The van der Waals surface area contributed by atoms with Crippen molar-refractivity contribution in [3.63, 3.8) is 0 Å². The average molecular weight is 379 g/mol. The number of nitrogens with zero attached hydrogens (tertiary/aromatic N) is 3. The molecular formula is C21H25N5O2. The molecule has 7 heteroatoms. The molecule has 0 atom stereocenters. The number of nitrogens with one attached hydrogen (secondary N) is 2. The highest BCUT2D eigenvalue weighted by Gasteiger charge is 2.19. The van der Waals surface area contributed by atoms with Crippen molar-refractivity contribution in [2.24, 2.45) is 13.0 Å². The highest BCUT2D eigenvalue weighted by Crippen LogP contribution is 2.26. The Hall–Kier alpha value is -3.22. The van der Waals surface area contributed by atoms with E-state index in [2.05, 4.69) is 15.7 Å². The van der Waals surface area contributed by atoms with Crippen LogP contribution in [0.15, 0.2) is 36.4 Å². The Balaban J connectivity index is 1.88. The van der Waals surface area contributed by atoms with Gasteiger partial charge < -0.3 is 10.6 Å². The standard InChI is InChI=1S/C21H25N5O2/c1-13(2)20(27)22-10-11-23-21(28)16-12-17(15-8-6-5-7-9-15)24-19-18(16)14(3)25-26(19)4/h5-9,12-13H,10-11H2,1-4H3,(H,22,27)(H,23,28). The predicted octanol–water partition coefficient (Wildman–Crippen LogP) is 2.45. The zero-order chi connectivity index (χ0) is 20.3. The summed E-state index contributed by atoms with van der Waals surface area (Å²) in [5, 5.41) is 10.8. The van der Waals surface area contributed by atoms with Crippen LogP contribution in [0.3, 0.4) is 0 Å². The highest BCUT2D eigenvalue weighted by atomic mass is 16.2. The van der Waals surface area contributed by atoms with Gasteiger partial charge in [0.05, 0.1) is 22.3 Å². The summed E-state index contributed by atoms with van der Waals surface area (Å²) in [6.07, 6.45) is 0. The topological polar surface area (TPSA) is 88.9 Å². The minimum absolute atomic E-state index is 0.0324. The first kappa shape index (κ1) is 19.5. The van der Waals surface area contributed by atoms with Crippen LogP contribution in [0.4, 0.5) is 0 Å². The van der Waals surface area contributed by atoms with Gasteiger partial charge in [0.25, 0.3) is 5.91 Å². The van der Waals surface area contributed by atoms with Crippen molar-refractivity contribution in [3.8, 4) is 11.3 Å². The maximum atomic E-state index is 12.9. The molecule has 0 spiro atoms. The lowest BCUT2D eigenvalue weighted by Crippen LogP contribution is -2.36. The van der Waals surface area contributed by atoms with Gasteiger partial charge in [-0.2, -0.15) is 5.10 Å². The Morgan fingerprint density at radius 3 is 2.46 bits per heavy atom. The van der Waals surface area contributed by atoms with Gasteiger partial charge in [-0.3, -0.25) is 14.3 Å². The number of carbonyl (C=O) groups is 2. The van der Waals surface area contributed by atoms with Crippen molar-refractivity contribution in [2.75, 3.05) is 13.1 Å². The third kappa shape index (κ3) is 4.03. The van der Waals surface area contributed by atoms with E-state index < -0.39 is 0 Å². The van der Waals surface area contributed by atoms with E-state index in [4.69, 9.17) is 4.98 Å². The van der Waals surface area contributed by atoms with E-state index in [9.17, 15) is 9.59 Å². The minimum atomic E-state index is -0.209. The van der Waals surface area contributed by atoms with Crippen molar-refractivity contribution in [1.82, 2.24) is 25.4 Å². The van der Waals surface area contributed by atoms with Gasteiger partial charge in [0.1, 0.15) is 0 Å². The number of aromatic nitrogens is 3. The second-order valence-electron chi connectivity index (χ2n) is 7.03. The summed E-state index contributed by atoms with van der Waals surface area (Å²) in [4.78, 5) is 29.2. The van der Waals surface area contributed by atoms with Crippen LogP contribution in [0.1, 0.15) is 29.9 Å². The lowest BCUT2D eigenvalue weighted by molar-refractivity contribution is -0.123. The number of fused-ring (bicyclic) bond motifs is 1. The lowest BCUT2D eigenvalue weighted by Gasteiger charge is -2.11. The first-order valence-corrected chi connectivity index (χ1v) is 9.34. The number of rotatable bonds is 6. The fraction of sp³-hybridized carbons (Fsp3) is 0.333. The van der Waals surface area contributed by atoms with Crippen molar-refractivity contribution in [3.05, 3.63) is 47.7 Å². The van der Waals surface area contributed by atoms with Crippen LogP contribution in [0.5, 0.6) is 0 Å². The van der Waals surface area contributed by atoms with Gasteiger partial charge >= 0.3 is 0 Å². The first-order chi connectivity index (χ1) is 13.4.